The predicted molar refractivity (Wildman–Crippen MR) is 78.5 cm³/mol. The number of nitrogens with zero attached hydrogens (tertiary/aromatic N) is 1. The summed E-state index contributed by atoms with van der Waals surface area (Å²) in [5.74, 6) is 0.822. The molecule has 19 heavy (non-hydrogen) atoms. The maximum absolute atomic E-state index is 6.09. The molecule has 3 nitrogen and oxygen atoms in total. The molecule has 1 aliphatic rings. The molecular formula is C16H26N2O. The van der Waals surface area contributed by atoms with Gasteiger partial charge < -0.3 is 10.1 Å². The van der Waals surface area contributed by atoms with Crippen molar-refractivity contribution >= 4 is 0 Å². The van der Waals surface area contributed by atoms with Crippen molar-refractivity contribution in [2.75, 3.05) is 7.05 Å². The number of pyridine rings is 1. The summed E-state index contributed by atoms with van der Waals surface area (Å²) in [6.45, 7) is 3.06. The standard InChI is InChI=1S/C16H26N2O/c1-3-7-14-10-13(12-17-2)11-16(18-14)19-15-8-5-4-6-9-15/h10-11,15,17H,3-9,12H2,1-2H3. The molecule has 1 aliphatic carbocycles. The van der Waals surface area contributed by atoms with Crippen LogP contribution in [0.5, 0.6) is 5.88 Å². The Kier molecular flexibility index (Phi) is 5.64. The van der Waals surface area contributed by atoms with Crippen LogP contribution in [0.25, 0.3) is 0 Å². The van der Waals surface area contributed by atoms with E-state index >= 15 is 0 Å². The first-order valence-corrected chi connectivity index (χ1v) is 7.63. The number of aromatic nitrogens is 1. The van der Waals surface area contributed by atoms with Gasteiger partial charge in [-0.15, -0.1) is 0 Å². The molecule has 0 spiro atoms. The van der Waals surface area contributed by atoms with Crippen LogP contribution in [-0.2, 0) is 13.0 Å². The Hall–Kier alpha value is -1.09. The van der Waals surface area contributed by atoms with E-state index in [1.807, 2.05) is 7.05 Å². The molecule has 0 aromatic carbocycles. The first-order chi connectivity index (χ1) is 9.31. The van der Waals surface area contributed by atoms with Crippen LogP contribution in [0, 0.1) is 0 Å². The average molecular weight is 262 g/mol. The molecule has 0 atom stereocenters. The number of rotatable bonds is 6. The van der Waals surface area contributed by atoms with Gasteiger partial charge in [0.05, 0.1) is 0 Å². The van der Waals surface area contributed by atoms with Gasteiger partial charge in [0.25, 0.3) is 0 Å². The molecular weight excluding hydrogens is 236 g/mol. The van der Waals surface area contributed by atoms with Crippen molar-refractivity contribution in [1.29, 1.82) is 0 Å². The second kappa shape index (κ2) is 7.49. The fourth-order valence-corrected chi connectivity index (χ4v) is 2.72. The molecule has 1 aromatic rings. The third-order valence-electron chi connectivity index (χ3n) is 3.64. The Morgan fingerprint density at radius 1 is 1.26 bits per heavy atom. The van der Waals surface area contributed by atoms with Gasteiger partial charge >= 0.3 is 0 Å². The zero-order valence-corrected chi connectivity index (χ0v) is 12.2. The highest BCUT2D eigenvalue weighted by Gasteiger charge is 2.16. The minimum Gasteiger partial charge on any atom is -0.474 e. The lowest BCUT2D eigenvalue weighted by Crippen LogP contribution is -2.20. The molecule has 0 amide bonds. The lowest BCUT2D eigenvalue weighted by Gasteiger charge is -2.23. The summed E-state index contributed by atoms with van der Waals surface area (Å²) in [7, 11) is 1.97. The molecule has 1 aromatic heterocycles. The van der Waals surface area contributed by atoms with E-state index in [9.17, 15) is 0 Å². The molecule has 0 bridgehead atoms. The number of hydrogen-bond acceptors (Lipinski definition) is 3. The van der Waals surface area contributed by atoms with E-state index in [1.54, 1.807) is 0 Å². The van der Waals surface area contributed by atoms with Crippen LogP contribution in [0.3, 0.4) is 0 Å². The zero-order chi connectivity index (χ0) is 13.5. The Morgan fingerprint density at radius 3 is 2.74 bits per heavy atom. The van der Waals surface area contributed by atoms with Gasteiger partial charge in [0.15, 0.2) is 0 Å². The molecule has 0 radical (unpaired) electrons. The van der Waals surface area contributed by atoms with E-state index in [4.69, 9.17) is 4.74 Å². The van der Waals surface area contributed by atoms with Gasteiger partial charge in [-0.2, -0.15) is 0 Å². The Balaban J connectivity index is 2.08. The molecule has 2 rings (SSSR count). The molecule has 0 aliphatic heterocycles. The second-order valence-corrected chi connectivity index (χ2v) is 5.46. The highest BCUT2D eigenvalue weighted by molar-refractivity contribution is 5.25. The largest absolute Gasteiger partial charge is 0.474 e. The summed E-state index contributed by atoms with van der Waals surface area (Å²) < 4.78 is 6.09. The van der Waals surface area contributed by atoms with E-state index in [1.165, 1.54) is 37.7 Å². The Labute approximate surface area is 116 Å². The van der Waals surface area contributed by atoms with E-state index in [0.717, 1.165) is 31.0 Å². The van der Waals surface area contributed by atoms with Gasteiger partial charge in [0, 0.05) is 18.3 Å². The number of hydrogen-bond donors (Lipinski definition) is 1. The van der Waals surface area contributed by atoms with E-state index < -0.39 is 0 Å². The van der Waals surface area contributed by atoms with E-state index in [2.05, 4.69) is 29.4 Å². The quantitative estimate of drug-likeness (QED) is 0.852. The van der Waals surface area contributed by atoms with Crippen molar-refractivity contribution in [3.8, 4) is 5.88 Å². The van der Waals surface area contributed by atoms with Gasteiger partial charge in [-0.25, -0.2) is 4.98 Å². The first kappa shape index (κ1) is 14.3. The zero-order valence-electron chi connectivity index (χ0n) is 12.2. The summed E-state index contributed by atoms with van der Waals surface area (Å²) >= 11 is 0. The van der Waals surface area contributed by atoms with Crippen LogP contribution in [0.2, 0.25) is 0 Å². The van der Waals surface area contributed by atoms with Crippen molar-refractivity contribution in [3.05, 3.63) is 23.4 Å². The van der Waals surface area contributed by atoms with Crippen molar-refractivity contribution in [2.45, 2.75) is 64.5 Å². The molecule has 106 valence electrons. The monoisotopic (exact) mass is 262 g/mol. The summed E-state index contributed by atoms with van der Waals surface area (Å²) in [5, 5.41) is 3.20. The normalized spacial score (nSPS) is 16.5. The lowest BCUT2D eigenvalue weighted by atomic mass is 9.98. The maximum atomic E-state index is 6.09. The molecule has 1 saturated carbocycles. The van der Waals surface area contributed by atoms with Crippen LogP contribution >= 0.6 is 0 Å². The number of aryl methyl sites for hydroxylation is 1. The van der Waals surface area contributed by atoms with E-state index in [0.29, 0.717) is 6.10 Å². The Morgan fingerprint density at radius 2 is 2.05 bits per heavy atom. The van der Waals surface area contributed by atoms with Crippen LogP contribution < -0.4 is 10.1 Å². The molecule has 1 heterocycles. The van der Waals surface area contributed by atoms with Crippen molar-refractivity contribution in [2.24, 2.45) is 0 Å². The van der Waals surface area contributed by atoms with Gasteiger partial charge in [-0.1, -0.05) is 19.8 Å². The first-order valence-electron chi connectivity index (χ1n) is 7.63. The minimum atomic E-state index is 0.376. The summed E-state index contributed by atoms with van der Waals surface area (Å²) in [4.78, 5) is 4.65. The van der Waals surface area contributed by atoms with Crippen molar-refractivity contribution < 1.29 is 4.74 Å². The van der Waals surface area contributed by atoms with Crippen LogP contribution in [0.4, 0.5) is 0 Å². The van der Waals surface area contributed by atoms with Gasteiger partial charge in [0.2, 0.25) is 5.88 Å². The van der Waals surface area contributed by atoms with Crippen molar-refractivity contribution in [3.63, 3.8) is 0 Å². The SMILES string of the molecule is CCCc1cc(CNC)cc(OC2CCCCC2)n1. The fraction of sp³-hybridized carbons (Fsp3) is 0.688. The van der Waals surface area contributed by atoms with Crippen molar-refractivity contribution in [1.82, 2.24) is 10.3 Å². The summed E-state index contributed by atoms with van der Waals surface area (Å²) in [5.41, 5.74) is 2.42. The topological polar surface area (TPSA) is 34.1 Å². The highest BCUT2D eigenvalue weighted by Crippen LogP contribution is 2.23. The van der Waals surface area contributed by atoms with Crippen LogP contribution in [0.1, 0.15) is 56.7 Å². The third kappa shape index (κ3) is 4.50. The molecule has 1 N–H and O–H groups in total. The fourth-order valence-electron chi connectivity index (χ4n) is 2.72. The smallest absolute Gasteiger partial charge is 0.214 e. The molecule has 0 unspecified atom stereocenters. The Bertz CT molecular complexity index is 362. The molecule has 1 fully saturated rings. The van der Waals surface area contributed by atoms with E-state index in [-0.39, 0.29) is 0 Å². The summed E-state index contributed by atoms with van der Waals surface area (Å²) in [6, 6.07) is 4.28. The minimum absolute atomic E-state index is 0.376. The molecule has 0 saturated heterocycles. The maximum Gasteiger partial charge on any atom is 0.214 e. The van der Waals surface area contributed by atoms with Crippen LogP contribution in [-0.4, -0.2) is 18.1 Å². The third-order valence-corrected chi connectivity index (χ3v) is 3.64. The highest BCUT2D eigenvalue weighted by atomic mass is 16.5. The van der Waals surface area contributed by atoms with Crippen LogP contribution in [0.15, 0.2) is 12.1 Å². The number of nitrogens with one attached hydrogen (secondary N) is 1. The molecule has 3 heteroatoms. The average Bonchev–Trinajstić information content (AvgIpc) is 2.40. The predicted octanol–water partition coefficient (Wildman–Crippen LogP) is 3.47. The summed E-state index contributed by atoms with van der Waals surface area (Å²) in [6.07, 6.45) is 8.83. The number of ether oxygens (including phenoxy) is 1. The second-order valence-electron chi connectivity index (χ2n) is 5.46. The van der Waals surface area contributed by atoms with Gasteiger partial charge in [0.1, 0.15) is 6.10 Å². The van der Waals surface area contributed by atoms with Gasteiger partial charge in [-0.3, -0.25) is 0 Å². The lowest BCUT2D eigenvalue weighted by molar-refractivity contribution is 0.148. The van der Waals surface area contributed by atoms with Gasteiger partial charge in [-0.05, 0) is 50.8 Å².